The van der Waals surface area contributed by atoms with Gasteiger partial charge in [0.1, 0.15) is 0 Å². The number of anilines is 1. The van der Waals surface area contributed by atoms with Crippen LogP contribution in [0.1, 0.15) is 36.5 Å². The van der Waals surface area contributed by atoms with Gasteiger partial charge in [-0.05, 0) is 49.4 Å². The van der Waals surface area contributed by atoms with Crippen LogP contribution in [0.4, 0.5) is 5.69 Å². The van der Waals surface area contributed by atoms with E-state index in [2.05, 4.69) is 10.2 Å². The number of likely N-dealkylation sites (tertiary alicyclic amines) is 1. The lowest BCUT2D eigenvalue weighted by Gasteiger charge is -2.45. The van der Waals surface area contributed by atoms with E-state index < -0.39 is 5.41 Å². The minimum atomic E-state index is -0.602. The number of hydrogen-bond donors (Lipinski definition) is 1. The first-order valence-corrected chi connectivity index (χ1v) is 12.5. The van der Waals surface area contributed by atoms with Gasteiger partial charge < -0.3 is 15.1 Å². The zero-order valence-electron chi connectivity index (χ0n) is 21.0. The number of carbonyl (C=O) groups is 3. The highest BCUT2D eigenvalue weighted by atomic mass is 16.2. The Balaban J connectivity index is 1.38. The molecule has 7 heteroatoms. The van der Waals surface area contributed by atoms with Crippen molar-refractivity contribution in [2.75, 3.05) is 51.1 Å². The molecular formula is C28H36N4O3. The lowest BCUT2D eigenvalue weighted by atomic mass is 9.71. The van der Waals surface area contributed by atoms with Crippen molar-refractivity contribution in [3.05, 3.63) is 65.2 Å². The Morgan fingerprint density at radius 2 is 1.49 bits per heavy atom. The first-order valence-electron chi connectivity index (χ1n) is 12.5. The molecule has 0 aliphatic carbocycles. The molecule has 0 atom stereocenters. The molecule has 0 spiro atoms. The van der Waals surface area contributed by atoms with Gasteiger partial charge in [-0.3, -0.25) is 19.3 Å². The second-order valence-electron chi connectivity index (χ2n) is 9.82. The minimum Gasteiger partial charge on any atom is -0.343 e. The predicted octanol–water partition coefficient (Wildman–Crippen LogP) is 2.97. The molecule has 186 valence electrons. The summed E-state index contributed by atoms with van der Waals surface area (Å²) < 4.78 is 0. The molecule has 4 rings (SSSR count). The molecule has 0 saturated carbocycles. The summed E-state index contributed by atoms with van der Waals surface area (Å²) in [7, 11) is 0. The molecule has 2 heterocycles. The van der Waals surface area contributed by atoms with Gasteiger partial charge in [-0.1, -0.05) is 42.5 Å². The van der Waals surface area contributed by atoms with Crippen LogP contribution in [0.15, 0.2) is 48.5 Å². The zero-order chi connectivity index (χ0) is 25.0. The quantitative estimate of drug-likeness (QED) is 0.720. The maximum absolute atomic E-state index is 13.9. The van der Waals surface area contributed by atoms with Crippen molar-refractivity contribution in [1.82, 2.24) is 14.7 Å². The van der Waals surface area contributed by atoms with E-state index in [9.17, 15) is 14.4 Å². The molecule has 2 aromatic carbocycles. The first-order chi connectivity index (χ1) is 16.8. The van der Waals surface area contributed by atoms with E-state index in [0.717, 1.165) is 22.4 Å². The number of rotatable bonds is 5. The second kappa shape index (κ2) is 10.6. The minimum absolute atomic E-state index is 0.0316. The Bertz CT molecular complexity index is 1070. The van der Waals surface area contributed by atoms with E-state index in [-0.39, 0.29) is 17.7 Å². The maximum atomic E-state index is 13.9. The summed E-state index contributed by atoms with van der Waals surface area (Å²) in [5, 5.41) is 3.03. The molecule has 2 aliphatic heterocycles. The van der Waals surface area contributed by atoms with Crippen molar-refractivity contribution in [1.29, 1.82) is 0 Å². The SMILES string of the molecule is CC(=O)N1CCC(C(=O)N2CCN(CC(=O)Nc3cccc(C)c3C)CC2)(c2ccccc2)CC1. The molecular weight excluding hydrogens is 440 g/mol. The first kappa shape index (κ1) is 24.9. The van der Waals surface area contributed by atoms with Gasteiger partial charge in [-0.2, -0.15) is 0 Å². The number of piperidine rings is 1. The average molecular weight is 477 g/mol. The molecule has 0 aromatic heterocycles. The molecule has 0 unspecified atom stereocenters. The van der Waals surface area contributed by atoms with Crippen LogP contribution in [0.2, 0.25) is 0 Å². The monoisotopic (exact) mass is 476 g/mol. The molecule has 7 nitrogen and oxygen atoms in total. The van der Waals surface area contributed by atoms with Crippen molar-refractivity contribution >= 4 is 23.4 Å². The molecule has 2 aliphatic rings. The van der Waals surface area contributed by atoms with Crippen molar-refractivity contribution in [3.8, 4) is 0 Å². The van der Waals surface area contributed by atoms with E-state index in [1.54, 1.807) is 6.92 Å². The molecule has 2 saturated heterocycles. The van der Waals surface area contributed by atoms with Crippen molar-refractivity contribution in [2.24, 2.45) is 0 Å². The van der Waals surface area contributed by atoms with Gasteiger partial charge in [-0.15, -0.1) is 0 Å². The summed E-state index contributed by atoms with van der Waals surface area (Å²) >= 11 is 0. The average Bonchev–Trinajstić information content (AvgIpc) is 2.87. The van der Waals surface area contributed by atoms with Gasteiger partial charge in [0.05, 0.1) is 12.0 Å². The molecule has 0 bridgehead atoms. The maximum Gasteiger partial charge on any atom is 0.238 e. The number of amides is 3. The third-order valence-corrected chi connectivity index (χ3v) is 7.70. The third kappa shape index (κ3) is 5.40. The fourth-order valence-corrected chi connectivity index (χ4v) is 5.28. The van der Waals surface area contributed by atoms with Crippen molar-refractivity contribution in [3.63, 3.8) is 0 Å². The van der Waals surface area contributed by atoms with Crippen molar-refractivity contribution in [2.45, 2.75) is 39.0 Å². The van der Waals surface area contributed by atoms with Crippen molar-refractivity contribution < 1.29 is 14.4 Å². The van der Waals surface area contributed by atoms with Crippen LogP contribution in [0.3, 0.4) is 0 Å². The fraction of sp³-hybridized carbons (Fsp3) is 0.464. The van der Waals surface area contributed by atoms with E-state index in [4.69, 9.17) is 0 Å². The largest absolute Gasteiger partial charge is 0.343 e. The molecule has 2 aromatic rings. The van der Waals surface area contributed by atoms with Crippen LogP contribution in [0.25, 0.3) is 0 Å². The van der Waals surface area contributed by atoms with Gasteiger partial charge in [0.15, 0.2) is 0 Å². The molecule has 0 radical (unpaired) electrons. The highest BCUT2D eigenvalue weighted by Gasteiger charge is 2.45. The number of carbonyl (C=O) groups excluding carboxylic acids is 3. The standard InChI is InChI=1S/C28H36N4O3/c1-21-8-7-11-25(22(21)2)29-26(34)20-30-16-18-32(19-17-30)27(35)28(24-9-5-4-6-10-24)12-14-31(15-13-28)23(3)33/h4-11H,12-20H2,1-3H3,(H,29,34). The van der Waals surface area contributed by atoms with Crippen LogP contribution in [0, 0.1) is 13.8 Å². The molecule has 35 heavy (non-hydrogen) atoms. The number of piperazine rings is 1. The Morgan fingerprint density at radius 1 is 0.829 bits per heavy atom. The number of aryl methyl sites for hydroxylation is 1. The van der Waals surface area contributed by atoms with E-state index in [1.807, 2.05) is 72.2 Å². The van der Waals surface area contributed by atoms with Gasteiger partial charge >= 0.3 is 0 Å². The second-order valence-corrected chi connectivity index (χ2v) is 9.82. The van der Waals surface area contributed by atoms with E-state index >= 15 is 0 Å². The van der Waals surface area contributed by atoms with Crippen LogP contribution >= 0.6 is 0 Å². The molecule has 2 fully saturated rings. The smallest absolute Gasteiger partial charge is 0.238 e. The number of hydrogen-bond acceptors (Lipinski definition) is 4. The Kier molecular flexibility index (Phi) is 7.55. The summed E-state index contributed by atoms with van der Waals surface area (Å²) in [6.07, 6.45) is 1.27. The van der Waals surface area contributed by atoms with Crippen LogP contribution in [-0.4, -0.2) is 78.2 Å². The lowest BCUT2D eigenvalue weighted by Crippen LogP contribution is -2.58. The van der Waals surface area contributed by atoms with Gasteiger partial charge in [-0.25, -0.2) is 0 Å². The summed E-state index contributed by atoms with van der Waals surface area (Å²) in [4.78, 5) is 44.4. The fourth-order valence-electron chi connectivity index (χ4n) is 5.28. The molecule has 3 amide bonds. The van der Waals surface area contributed by atoms with Crippen LogP contribution in [0.5, 0.6) is 0 Å². The third-order valence-electron chi connectivity index (χ3n) is 7.70. The topological polar surface area (TPSA) is 73.0 Å². The van der Waals surface area contributed by atoms with E-state index in [0.29, 0.717) is 58.7 Å². The summed E-state index contributed by atoms with van der Waals surface area (Å²) in [5.74, 6) is 0.175. The normalized spacial score (nSPS) is 18.3. The summed E-state index contributed by atoms with van der Waals surface area (Å²) in [6, 6.07) is 15.9. The highest BCUT2D eigenvalue weighted by Crippen LogP contribution is 2.37. The molecule has 1 N–H and O–H groups in total. The zero-order valence-corrected chi connectivity index (χ0v) is 21.0. The van der Waals surface area contributed by atoms with Crippen LogP contribution < -0.4 is 5.32 Å². The van der Waals surface area contributed by atoms with Gasteiger partial charge in [0.2, 0.25) is 17.7 Å². The summed E-state index contributed by atoms with van der Waals surface area (Å²) in [5.41, 5.74) is 3.51. The Morgan fingerprint density at radius 3 is 2.11 bits per heavy atom. The Hall–Kier alpha value is -3.19. The highest BCUT2D eigenvalue weighted by molar-refractivity contribution is 5.93. The summed E-state index contributed by atoms with van der Waals surface area (Å²) in [6.45, 7) is 9.66. The van der Waals surface area contributed by atoms with E-state index in [1.165, 1.54) is 0 Å². The Labute approximate surface area is 208 Å². The van der Waals surface area contributed by atoms with Gasteiger partial charge in [0.25, 0.3) is 0 Å². The number of benzene rings is 2. The van der Waals surface area contributed by atoms with Crippen LogP contribution in [-0.2, 0) is 19.8 Å². The lowest BCUT2D eigenvalue weighted by molar-refractivity contribution is -0.144. The van der Waals surface area contributed by atoms with Gasteiger partial charge in [0, 0.05) is 51.9 Å². The predicted molar refractivity (Wildman–Crippen MR) is 137 cm³/mol. The number of nitrogens with zero attached hydrogens (tertiary/aromatic N) is 3. The number of nitrogens with one attached hydrogen (secondary N) is 1.